The third-order valence-corrected chi connectivity index (χ3v) is 5.81. The lowest BCUT2D eigenvalue weighted by molar-refractivity contribution is -0.124. The van der Waals surface area contributed by atoms with Crippen LogP contribution in [0.1, 0.15) is 18.4 Å². The summed E-state index contributed by atoms with van der Waals surface area (Å²) in [4.78, 5) is 40.8. The molecule has 2 aromatic heterocycles. The summed E-state index contributed by atoms with van der Waals surface area (Å²) in [7, 11) is 0. The van der Waals surface area contributed by atoms with Crippen LogP contribution in [0.3, 0.4) is 0 Å². The molecule has 0 unspecified atom stereocenters. The van der Waals surface area contributed by atoms with Crippen molar-refractivity contribution in [2.24, 2.45) is 0 Å². The number of halogens is 1. The van der Waals surface area contributed by atoms with E-state index in [9.17, 15) is 14.4 Å². The van der Waals surface area contributed by atoms with Gasteiger partial charge in [0, 0.05) is 35.2 Å². The minimum absolute atomic E-state index is 0.00137. The predicted octanol–water partition coefficient (Wildman–Crippen LogP) is 4.61. The van der Waals surface area contributed by atoms with Crippen LogP contribution in [0.5, 0.6) is 0 Å². The van der Waals surface area contributed by atoms with Crippen LogP contribution in [0.25, 0.3) is 22.2 Å². The molecule has 2 amide bonds. The Hall–Kier alpha value is -3.49. The number of hydrogen-bond donors (Lipinski definition) is 2. The van der Waals surface area contributed by atoms with Crippen LogP contribution in [-0.4, -0.2) is 16.8 Å². The Morgan fingerprint density at radius 1 is 1.03 bits per heavy atom. The van der Waals surface area contributed by atoms with Crippen LogP contribution in [0.2, 0.25) is 5.02 Å². The van der Waals surface area contributed by atoms with E-state index < -0.39 is 5.63 Å². The second-order valence-corrected chi connectivity index (χ2v) is 8.20. The lowest BCUT2D eigenvalue weighted by atomic mass is 10.1. The molecule has 162 valence electrons. The molecule has 0 radical (unpaired) electrons. The number of fused-ring (bicyclic) bond motifs is 1. The third-order valence-electron chi connectivity index (χ3n) is 4.68. The maximum absolute atomic E-state index is 12.3. The second-order valence-electron chi connectivity index (χ2n) is 6.94. The Kier molecular flexibility index (Phi) is 6.63. The van der Waals surface area contributed by atoms with Crippen molar-refractivity contribution in [2.75, 3.05) is 5.32 Å². The van der Waals surface area contributed by atoms with E-state index in [1.54, 1.807) is 29.6 Å². The zero-order valence-corrected chi connectivity index (χ0v) is 18.3. The molecule has 0 saturated heterocycles. The summed E-state index contributed by atoms with van der Waals surface area (Å²) in [5.74, 6) is -0.599. The number of carbonyl (C=O) groups excluding carboxylic acids is 2. The van der Waals surface area contributed by atoms with Crippen molar-refractivity contribution in [2.45, 2.75) is 19.4 Å². The van der Waals surface area contributed by atoms with Gasteiger partial charge >= 0.3 is 5.63 Å². The Bertz CT molecular complexity index is 1350. The van der Waals surface area contributed by atoms with Crippen LogP contribution >= 0.6 is 22.9 Å². The maximum atomic E-state index is 12.3. The summed E-state index contributed by atoms with van der Waals surface area (Å²) in [6.07, 6.45) is 0.0319. The molecule has 2 N–H and O–H groups in total. The molecule has 0 saturated carbocycles. The van der Waals surface area contributed by atoms with Crippen molar-refractivity contribution in [1.82, 2.24) is 10.3 Å². The fourth-order valence-corrected chi connectivity index (χ4v) is 3.96. The molecule has 4 rings (SSSR count). The Morgan fingerprint density at radius 2 is 1.78 bits per heavy atom. The molecule has 2 aromatic carbocycles. The van der Waals surface area contributed by atoms with Crippen molar-refractivity contribution in [3.8, 4) is 11.3 Å². The summed E-state index contributed by atoms with van der Waals surface area (Å²) in [6, 6.07) is 16.1. The zero-order valence-electron chi connectivity index (χ0n) is 16.8. The number of para-hydroxylation sites is 1. The number of carbonyl (C=O) groups is 2. The Morgan fingerprint density at radius 3 is 2.62 bits per heavy atom. The van der Waals surface area contributed by atoms with Crippen molar-refractivity contribution in [1.29, 1.82) is 0 Å². The number of aromatic nitrogens is 1. The highest BCUT2D eigenvalue weighted by molar-refractivity contribution is 7.14. The molecule has 32 heavy (non-hydrogen) atoms. The largest absolute Gasteiger partial charge is 0.422 e. The number of hydrogen-bond acceptors (Lipinski definition) is 6. The van der Waals surface area contributed by atoms with Crippen LogP contribution in [0, 0.1) is 0 Å². The van der Waals surface area contributed by atoms with Gasteiger partial charge in [-0.3, -0.25) is 9.59 Å². The molecule has 0 aliphatic carbocycles. The van der Waals surface area contributed by atoms with Gasteiger partial charge in [0.1, 0.15) is 5.58 Å². The van der Waals surface area contributed by atoms with Gasteiger partial charge in [-0.05, 0) is 23.8 Å². The Labute approximate surface area is 192 Å². The van der Waals surface area contributed by atoms with Gasteiger partial charge in [0.05, 0.1) is 11.3 Å². The van der Waals surface area contributed by atoms with Gasteiger partial charge in [0.2, 0.25) is 11.8 Å². The van der Waals surface area contributed by atoms with Crippen LogP contribution in [-0.2, 0) is 16.1 Å². The van der Waals surface area contributed by atoms with Crippen LogP contribution in [0.15, 0.2) is 69.2 Å². The number of anilines is 1. The van der Waals surface area contributed by atoms with Gasteiger partial charge in [-0.1, -0.05) is 48.0 Å². The highest BCUT2D eigenvalue weighted by atomic mass is 35.5. The van der Waals surface area contributed by atoms with E-state index in [-0.39, 0.29) is 24.7 Å². The van der Waals surface area contributed by atoms with E-state index >= 15 is 0 Å². The van der Waals surface area contributed by atoms with Gasteiger partial charge in [0.15, 0.2) is 5.13 Å². The first-order chi connectivity index (χ1) is 15.5. The molecule has 9 heteroatoms. The standard InChI is InChI=1S/C23H18ClN3O4S/c24-17-7-3-1-6-15(17)12-25-20(28)9-10-21(29)27-23-26-18(13-32-23)16-11-14-5-2-4-8-19(14)31-22(16)30/h1-8,11,13H,9-10,12H2,(H,25,28)(H,26,27,29). The second kappa shape index (κ2) is 9.76. The lowest BCUT2D eigenvalue weighted by Gasteiger charge is -2.07. The normalized spacial score (nSPS) is 10.8. The van der Waals surface area contributed by atoms with E-state index in [4.69, 9.17) is 16.0 Å². The van der Waals surface area contributed by atoms with E-state index in [0.29, 0.717) is 33.5 Å². The molecule has 0 aliphatic heterocycles. The average Bonchev–Trinajstić information content (AvgIpc) is 3.24. The fraction of sp³-hybridized carbons (Fsp3) is 0.130. The van der Waals surface area contributed by atoms with Crippen molar-refractivity contribution < 1.29 is 14.0 Å². The first-order valence-electron chi connectivity index (χ1n) is 9.78. The molecule has 0 bridgehead atoms. The van der Waals surface area contributed by atoms with Gasteiger partial charge in [-0.15, -0.1) is 11.3 Å². The van der Waals surface area contributed by atoms with E-state index in [1.807, 2.05) is 30.3 Å². The maximum Gasteiger partial charge on any atom is 0.345 e. The number of thiazole rings is 1. The lowest BCUT2D eigenvalue weighted by Crippen LogP contribution is -2.24. The van der Waals surface area contributed by atoms with Gasteiger partial charge in [-0.2, -0.15) is 0 Å². The molecule has 2 heterocycles. The molecule has 0 aliphatic rings. The topological polar surface area (TPSA) is 101 Å². The molecule has 7 nitrogen and oxygen atoms in total. The van der Waals surface area contributed by atoms with Crippen LogP contribution in [0.4, 0.5) is 5.13 Å². The van der Waals surface area contributed by atoms with Gasteiger partial charge in [0.25, 0.3) is 0 Å². The highest BCUT2D eigenvalue weighted by Crippen LogP contribution is 2.25. The minimum Gasteiger partial charge on any atom is -0.422 e. The van der Waals surface area contributed by atoms with E-state index in [1.165, 1.54) is 11.3 Å². The molecule has 4 aromatic rings. The predicted molar refractivity (Wildman–Crippen MR) is 125 cm³/mol. The number of benzene rings is 2. The first kappa shape index (κ1) is 21.7. The molecular formula is C23H18ClN3O4S. The number of rotatable bonds is 7. The monoisotopic (exact) mass is 467 g/mol. The number of nitrogens with one attached hydrogen (secondary N) is 2. The Balaban J connectivity index is 1.32. The van der Waals surface area contributed by atoms with Gasteiger partial charge < -0.3 is 15.1 Å². The van der Waals surface area contributed by atoms with Crippen molar-refractivity contribution in [3.05, 3.63) is 81.0 Å². The molecule has 0 fully saturated rings. The molecule has 0 atom stereocenters. The summed E-state index contributed by atoms with van der Waals surface area (Å²) >= 11 is 7.25. The summed E-state index contributed by atoms with van der Waals surface area (Å²) in [6.45, 7) is 0.296. The van der Waals surface area contributed by atoms with E-state index in [0.717, 1.165) is 10.9 Å². The van der Waals surface area contributed by atoms with Crippen molar-refractivity contribution in [3.63, 3.8) is 0 Å². The summed E-state index contributed by atoms with van der Waals surface area (Å²) in [5.41, 5.74) is 1.54. The molecule has 0 spiro atoms. The van der Waals surface area contributed by atoms with Gasteiger partial charge in [-0.25, -0.2) is 9.78 Å². The number of nitrogens with zero attached hydrogens (tertiary/aromatic N) is 1. The fourth-order valence-electron chi connectivity index (χ4n) is 3.03. The summed E-state index contributed by atoms with van der Waals surface area (Å²) < 4.78 is 5.33. The quantitative estimate of drug-likeness (QED) is 0.387. The average molecular weight is 468 g/mol. The SMILES string of the molecule is O=C(CCC(=O)Nc1nc(-c2cc3ccccc3oc2=O)cs1)NCc1ccccc1Cl. The van der Waals surface area contributed by atoms with Crippen molar-refractivity contribution >= 4 is 50.9 Å². The third kappa shape index (κ3) is 5.22. The first-order valence-corrected chi connectivity index (χ1v) is 11.0. The van der Waals surface area contributed by atoms with Crippen LogP contribution < -0.4 is 16.3 Å². The van der Waals surface area contributed by atoms with E-state index in [2.05, 4.69) is 15.6 Å². The minimum atomic E-state index is -0.498. The summed E-state index contributed by atoms with van der Waals surface area (Å²) in [5, 5.41) is 8.78. The highest BCUT2D eigenvalue weighted by Gasteiger charge is 2.14. The zero-order chi connectivity index (χ0) is 22.5. The smallest absolute Gasteiger partial charge is 0.345 e. The number of amides is 2. The molecular weight excluding hydrogens is 450 g/mol.